The van der Waals surface area contributed by atoms with E-state index in [1.807, 2.05) is 31.1 Å². The number of carbonyl (C=O) groups excluding carboxylic acids is 1. The average Bonchev–Trinajstić information content (AvgIpc) is 3.45. The van der Waals surface area contributed by atoms with Gasteiger partial charge in [-0.3, -0.25) is 9.69 Å². The quantitative estimate of drug-likeness (QED) is 0.412. The van der Waals surface area contributed by atoms with Crippen LogP contribution in [0.2, 0.25) is 10.0 Å². The second-order valence-corrected chi connectivity index (χ2v) is 12.2. The minimum Gasteiger partial charge on any atom is -0.309 e. The Hall–Kier alpha value is -1.75. The second-order valence-electron chi connectivity index (χ2n) is 8.46. The van der Waals surface area contributed by atoms with Crippen molar-refractivity contribution >= 4 is 65.8 Å². The number of amides is 1. The summed E-state index contributed by atoms with van der Waals surface area (Å²) in [5, 5.41) is 1.51. The van der Waals surface area contributed by atoms with Gasteiger partial charge in [0, 0.05) is 18.1 Å². The van der Waals surface area contributed by atoms with Crippen molar-refractivity contribution in [3.63, 3.8) is 0 Å². The Morgan fingerprint density at radius 2 is 1.88 bits per heavy atom. The Labute approximate surface area is 213 Å². The molecule has 1 amide bonds. The van der Waals surface area contributed by atoms with Crippen LogP contribution in [0.5, 0.6) is 0 Å². The summed E-state index contributed by atoms with van der Waals surface area (Å²) in [6.07, 6.45) is 1.79. The van der Waals surface area contributed by atoms with Crippen molar-refractivity contribution in [1.29, 1.82) is 0 Å². The van der Waals surface area contributed by atoms with Crippen LogP contribution >= 0.6 is 34.5 Å². The van der Waals surface area contributed by atoms with Gasteiger partial charge in [0.05, 0.1) is 14.6 Å². The molecule has 0 bridgehead atoms. The van der Waals surface area contributed by atoms with E-state index in [0.717, 1.165) is 17.7 Å². The first-order valence-corrected chi connectivity index (χ1v) is 14.0. The number of carbonyl (C=O) groups is 1. The molecule has 1 saturated heterocycles. The first-order chi connectivity index (χ1) is 16.2. The summed E-state index contributed by atoms with van der Waals surface area (Å²) in [5.74, 6) is -0.260. The zero-order valence-electron chi connectivity index (χ0n) is 18.9. The fraction of sp³-hybridized carbons (Fsp3) is 0.391. The number of anilines is 1. The van der Waals surface area contributed by atoms with E-state index in [2.05, 4.69) is 4.98 Å². The number of nitrogens with zero attached hydrogens (tertiary/aromatic N) is 4. The molecular weight excluding hydrogens is 515 g/mol. The zero-order chi connectivity index (χ0) is 24.5. The van der Waals surface area contributed by atoms with Crippen LogP contribution in [0, 0.1) is 0 Å². The lowest BCUT2D eigenvalue weighted by Gasteiger charge is -2.29. The summed E-state index contributed by atoms with van der Waals surface area (Å²) in [4.78, 5) is 22.3. The summed E-state index contributed by atoms with van der Waals surface area (Å²) in [5.41, 5.74) is 0.645. The maximum atomic E-state index is 13.8. The van der Waals surface area contributed by atoms with Crippen LogP contribution in [0.1, 0.15) is 19.3 Å². The van der Waals surface area contributed by atoms with Crippen LogP contribution in [-0.2, 0) is 14.8 Å². The molecule has 2 aromatic carbocycles. The lowest BCUT2D eigenvalue weighted by Crippen LogP contribution is -2.48. The van der Waals surface area contributed by atoms with Crippen LogP contribution in [-0.4, -0.2) is 68.3 Å². The first-order valence-electron chi connectivity index (χ1n) is 11.0. The Morgan fingerprint density at radius 3 is 2.56 bits per heavy atom. The van der Waals surface area contributed by atoms with Crippen molar-refractivity contribution < 1.29 is 13.2 Å². The molecule has 2 heterocycles. The van der Waals surface area contributed by atoms with E-state index in [1.54, 1.807) is 23.1 Å². The van der Waals surface area contributed by atoms with Gasteiger partial charge in [-0.05, 0) is 76.3 Å². The first kappa shape index (κ1) is 25.3. The lowest BCUT2D eigenvalue weighted by molar-refractivity contribution is -0.121. The van der Waals surface area contributed by atoms with E-state index in [4.69, 9.17) is 23.2 Å². The summed E-state index contributed by atoms with van der Waals surface area (Å²) < 4.78 is 29.0. The summed E-state index contributed by atoms with van der Waals surface area (Å²) in [7, 11) is 0.0967. The molecule has 7 nitrogen and oxygen atoms in total. The maximum absolute atomic E-state index is 13.8. The number of sulfonamides is 1. The highest BCUT2D eigenvalue weighted by molar-refractivity contribution is 7.89. The number of benzene rings is 2. The Kier molecular flexibility index (Phi) is 7.81. The topological polar surface area (TPSA) is 73.8 Å². The van der Waals surface area contributed by atoms with Gasteiger partial charge in [-0.25, -0.2) is 13.4 Å². The highest BCUT2D eigenvalue weighted by Gasteiger charge is 2.42. The van der Waals surface area contributed by atoms with Crippen molar-refractivity contribution in [3.05, 3.63) is 52.5 Å². The molecule has 34 heavy (non-hydrogen) atoms. The SMILES string of the molecule is CN(C)CCCN(C(=O)C1CCCN1S(=O)(=O)c1ccc(Cl)cc1)c1nc2c(Cl)cccc2s1. The van der Waals surface area contributed by atoms with Crippen LogP contribution in [0.4, 0.5) is 5.13 Å². The van der Waals surface area contributed by atoms with Gasteiger partial charge in [0.1, 0.15) is 11.6 Å². The summed E-state index contributed by atoms with van der Waals surface area (Å²) in [6, 6.07) is 10.8. The van der Waals surface area contributed by atoms with Crippen LogP contribution in [0.15, 0.2) is 47.4 Å². The van der Waals surface area contributed by atoms with Crippen LogP contribution in [0.3, 0.4) is 0 Å². The van der Waals surface area contributed by atoms with Crippen LogP contribution < -0.4 is 4.90 Å². The summed E-state index contributed by atoms with van der Waals surface area (Å²) >= 11 is 13.6. The number of fused-ring (bicyclic) bond motifs is 1. The highest BCUT2D eigenvalue weighted by Crippen LogP contribution is 2.35. The van der Waals surface area contributed by atoms with Gasteiger partial charge in [0.15, 0.2) is 5.13 Å². The van der Waals surface area contributed by atoms with Gasteiger partial charge in [-0.1, -0.05) is 40.6 Å². The van der Waals surface area contributed by atoms with Crippen molar-refractivity contribution in [2.24, 2.45) is 0 Å². The van der Waals surface area contributed by atoms with E-state index >= 15 is 0 Å². The van der Waals surface area contributed by atoms with Crippen molar-refractivity contribution in [2.75, 3.05) is 38.6 Å². The molecule has 0 aliphatic carbocycles. The fourth-order valence-electron chi connectivity index (χ4n) is 4.06. The third-order valence-electron chi connectivity index (χ3n) is 5.75. The lowest BCUT2D eigenvalue weighted by atomic mass is 10.2. The molecule has 1 unspecified atom stereocenters. The highest BCUT2D eigenvalue weighted by atomic mass is 35.5. The van der Waals surface area contributed by atoms with Crippen LogP contribution in [0.25, 0.3) is 10.2 Å². The van der Waals surface area contributed by atoms with E-state index in [9.17, 15) is 13.2 Å². The molecule has 0 N–H and O–H groups in total. The molecule has 3 aromatic rings. The number of aromatic nitrogens is 1. The van der Waals surface area contributed by atoms with E-state index < -0.39 is 16.1 Å². The molecule has 1 aliphatic heterocycles. The Bertz CT molecular complexity index is 1280. The monoisotopic (exact) mass is 540 g/mol. The van der Waals surface area contributed by atoms with Gasteiger partial charge in [0.25, 0.3) is 0 Å². The molecule has 1 fully saturated rings. The minimum atomic E-state index is -3.85. The van der Waals surface area contributed by atoms with Gasteiger partial charge in [-0.15, -0.1) is 0 Å². The molecule has 1 aliphatic rings. The third-order valence-corrected chi connectivity index (χ3v) is 9.27. The third kappa shape index (κ3) is 5.24. The summed E-state index contributed by atoms with van der Waals surface area (Å²) in [6.45, 7) is 1.51. The maximum Gasteiger partial charge on any atom is 0.247 e. The van der Waals surface area contributed by atoms with Gasteiger partial charge in [0.2, 0.25) is 15.9 Å². The second kappa shape index (κ2) is 10.5. The fourth-order valence-corrected chi connectivity index (χ4v) is 7.13. The predicted molar refractivity (Wildman–Crippen MR) is 139 cm³/mol. The molecule has 0 spiro atoms. The molecule has 1 aromatic heterocycles. The molecule has 182 valence electrons. The Morgan fingerprint density at radius 1 is 1.15 bits per heavy atom. The van der Waals surface area contributed by atoms with Crippen molar-refractivity contribution in [3.8, 4) is 0 Å². The standard InChI is InChI=1S/C23H26Cl2N4O3S2/c1-27(2)13-5-14-28(23-26-21-18(25)6-3-8-20(21)33-23)22(30)19-7-4-15-29(19)34(31,32)17-11-9-16(24)10-12-17/h3,6,8-12,19H,4-5,7,13-15H2,1-2H3. The van der Waals surface area contributed by atoms with E-state index in [0.29, 0.717) is 46.6 Å². The normalized spacial score (nSPS) is 17.0. The largest absolute Gasteiger partial charge is 0.309 e. The number of rotatable bonds is 8. The molecule has 4 rings (SSSR count). The smallest absolute Gasteiger partial charge is 0.247 e. The zero-order valence-corrected chi connectivity index (χ0v) is 22.1. The average molecular weight is 542 g/mol. The van der Waals surface area contributed by atoms with E-state index in [-0.39, 0.29) is 10.8 Å². The van der Waals surface area contributed by atoms with E-state index in [1.165, 1.54) is 27.8 Å². The van der Waals surface area contributed by atoms with Gasteiger partial charge in [-0.2, -0.15) is 4.31 Å². The number of halogens is 2. The Balaban J connectivity index is 1.66. The van der Waals surface area contributed by atoms with Crippen molar-refractivity contribution in [2.45, 2.75) is 30.2 Å². The van der Waals surface area contributed by atoms with Gasteiger partial charge < -0.3 is 4.90 Å². The van der Waals surface area contributed by atoms with Gasteiger partial charge >= 0.3 is 0 Å². The molecule has 1 atom stereocenters. The number of thiazole rings is 1. The number of hydrogen-bond donors (Lipinski definition) is 0. The number of para-hydroxylation sites is 1. The molecule has 11 heteroatoms. The molecule has 0 radical (unpaired) electrons. The minimum absolute atomic E-state index is 0.127. The number of hydrogen-bond acceptors (Lipinski definition) is 6. The molecule has 0 saturated carbocycles. The van der Waals surface area contributed by atoms with Crippen molar-refractivity contribution in [1.82, 2.24) is 14.2 Å². The predicted octanol–water partition coefficient (Wildman–Crippen LogP) is 4.74. The molecular formula is C23H26Cl2N4O3S2.